The van der Waals surface area contributed by atoms with Crippen molar-refractivity contribution >= 4 is 23.2 Å². The van der Waals surface area contributed by atoms with Gasteiger partial charge in [0.15, 0.2) is 0 Å². The van der Waals surface area contributed by atoms with E-state index < -0.39 is 0 Å². The van der Waals surface area contributed by atoms with E-state index in [1.165, 1.54) is 0 Å². The molecule has 0 aromatic heterocycles. The third-order valence-corrected chi connectivity index (χ3v) is 3.85. The van der Waals surface area contributed by atoms with Crippen molar-refractivity contribution in [2.45, 2.75) is 19.8 Å². The topological polar surface area (TPSA) is 52.9 Å². The number of hydrogen-bond donors (Lipinski definition) is 1. The number of oxime groups is 1. The number of benzene rings is 1. The predicted octanol–water partition coefficient (Wildman–Crippen LogP) is 2.58. The fraction of sp³-hybridized carbons (Fsp3) is 0.429. The molecule has 0 spiro atoms. The molecule has 1 aliphatic heterocycles. The van der Waals surface area contributed by atoms with E-state index in [9.17, 15) is 4.79 Å². The van der Waals surface area contributed by atoms with Crippen molar-refractivity contribution < 1.29 is 10.0 Å². The molecule has 0 saturated carbocycles. The second-order valence-corrected chi connectivity index (χ2v) is 5.26. The number of nitrogens with zero attached hydrogens (tertiary/aromatic N) is 2. The van der Waals surface area contributed by atoms with Crippen LogP contribution in [-0.2, 0) is 11.2 Å². The van der Waals surface area contributed by atoms with Gasteiger partial charge >= 0.3 is 0 Å². The Labute approximate surface area is 117 Å². The number of halogens is 1. The highest BCUT2D eigenvalue weighted by Gasteiger charge is 2.25. The van der Waals surface area contributed by atoms with Crippen LogP contribution in [0.15, 0.2) is 29.4 Å². The summed E-state index contributed by atoms with van der Waals surface area (Å²) < 4.78 is 0. The summed E-state index contributed by atoms with van der Waals surface area (Å²) in [4.78, 5) is 14.0. The summed E-state index contributed by atoms with van der Waals surface area (Å²) in [6.07, 6.45) is 0.948. The van der Waals surface area contributed by atoms with Crippen LogP contribution in [0.25, 0.3) is 0 Å². The van der Waals surface area contributed by atoms with Gasteiger partial charge in [0, 0.05) is 30.5 Å². The van der Waals surface area contributed by atoms with Crippen molar-refractivity contribution in [2.24, 2.45) is 11.1 Å². The SMILES string of the molecule is CC1CN(C(=O)Cc2ccccc2Cl)CC/C1=N\O. The van der Waals surface area contributed by atoms with Gasteiger partial charge in [0.2, 0.25) is 5.91 Å². The van der Waals surface area contributed by atoms with Crippen molar-refractivity contribution in [3.8, 4) is 0 Å². The summed E-state index contributed by atoms with van der Waals surface area (Å²) in [5.74, 6) is 0.172. The molecule has 0 radical (unpaired) electrons. The quantitative estimate of drug-likeness (QED) is 0.669. The van der Waals surface area contributed by atoms with Crippen LogP contribution in [0.4, 0.5) is 0 Å². The molecule has 102 valence electrons. The number of likely N-dealkylation sites (tertiary alicyclic amines) is 1. The third-order valence-electron chi connectivity index (χ3n) is 3.48. The summed E-state index contributed by atoms with van der Waals surface area (Å²) in [7, 11) is 0. The maximum absolute atomic E-state index is 12.2. The molecular weight excluding hydrogens is 264 g/mol. The van der Waals surface area contributed by atoms with Gasteiger partial charge in [-0.15, -0.1) is 0 Å². The standard InChI is InChI=1S/C14H17ClN2O2/c1-10-9-17(7-6-13(10)16-19)14(18)8-11-4-2-3-5-12(11)15/h2-5,10,19H,6-9H2,1H3/b16-13+. The molecule has 0 bridgehead atoms. The Bertz CT molecular complexity index is 502. The molecule has 5 heteroatoms. The van der Waals surface area contributed by atoms with E-state index in [1.54, 1.807) is 6.07 Å². The summed E-state index contributed by atoms with van der Waals surface area (Å²) in [5, 5.41) is 12.7. The Balaban J connectivity index is 2.00. The van der Waals surface area contributed by atoms with Crippen LogP contribution in [-0.4, -0.2) is 34.8 Å². The minimum Gasteiger partial charge on any atom is -0.411 e. The molecule has 1 aromatic rings. The maximum atomic E-state index is 12.2. The van der Waals surface area contributed by atoms with E-state index in [2.05, 4.69) is 5.16 Å². The Morgan fingerprint density at radius 2 is 2.26 bits per heavy atom. The number of carbonyl (C=O) groups is 1. The zero-order valence-electron chi connectivity index (χ0n) is 10.8. The van der Waals surface area contributed by atoms with E-state index in [1.807, 2.05) is 30.0 Å². The monoisotopic (exact) mass is 280 g/mol. The lowest BCUT2D eigenvalue weighted by Crippen LogP contribution is -2.43. The van der Waals surface area contributed by atoms with Gasteiger partial charge in [-0.1, -0.05) is 41.9 Å². The molecular formula is C14H17ClN2O2. The van der Waals surface area contributed by atoms with Gasteiger partial charge in [0.05, 0.1) is 12.1 Å². The van der Waals surface area contributed by atoms with Crippen LogP contribution >= 0.6 is 11.6 Å². The molecule has 19 heavy (non-hydrogen) atoms. The highest BCUT2D eigenvalue weighted by atomic mass is 35.5. The summed E-state index contributed by atoms with van der Waals surface area (Å²) in [6.45, 7) is 3.17. The summed E-state index contributed by atoms with van der Waals surface area (Å²) in [6, 6.07) is 7.39. The average Bonchev–Trinajstić information content (AvgIpc) is 2.41. The molecule has 0 aliphatic carbocycles. The second-order valence-electron chi connectivity index (χ2n) is 4.85. The van der Waals surface area contributed by atoms with E-state index >= 15 is 0 Å². The molecule has 1 N–H and O–H groups in total. The number of hydrogen-bond acceptors (Lipinski definition) is 3. The predicted molar refractivity (Wildman–Crippen MR) is 74.7 cm³/mol. The molecule has 1 heterocycles. The van der Waals surface area contributed by atoms with Crippen LogP contribution in [0.2, 0.25) is 5.02 Å². The molecule has 1 atom stereocenters. The number of rotatable bonds is 2. The zero-order chi connectivity index (χ0) is 13.8. The molecule has 1 fully saturated rings. The first-order valence-corrected chi connectivity index (χ1v) is 6.71. The maximum Gasteiger partial charge on any atom is 0.227 e. The summed E-state index contributed by atoms with van der Waals surface area (Å²) >= 11 is 6.06. The summed E-state index contributed by atoms with van der Waals surface area (Å²) in [5.41, 5.74) is 1.62. The smallest absolute Gasteiger partial charge is 0.227 e. The number of piperidine rings is 1. The van der Waals surface area contributed by atoms with Crippen LogP contribution in [0, 0.1) is 5.92 Å². The molecule has 1 unspecified atom stereocenters. The van der Waals surface area contributed by atoms with Crippen molar-refractivity contribution in [1.82, 2.24) is 4.90 Å². The lowest BCUT2D eigenvalue weighted by Gasteiger charge is -2.31. The van der Waals surface area contributed by atoms with Crippen molar-refractivity contribution in [3.05, 3.63) is 34.9 Å². The Morgan fingerprint density at radius 1 is 1.53 bits per heavy atom. The van der Waals surface area contributed by atoms with Gasteiger partial charge in [-0.05, 0) is 11.6 Å². The van der Waals surface area contributed by atoms with E-state index in [-0.39, 0.29) is 11.8 Å². The van der Waals surface area contributed by atoms with Gasteiger partial charge in [0.1, 0.15) is 0 Å². The van der Waals surface area contributed by atoms with Crippen molar-refractivity contribution in [1.29, 1.82) is 0 Å². The Morgan fingerprint density at radius 3 is 2.89 bits per heavy atom. The minimum absolute atomic E-state index is 0.0666. The fourth-order valence-electron chi connectivity index (χ4n) is 2.31. The third kappa shape index (κ3) is 3.26. The normalized spacial score (nSPS) is 21.7. The largest absolute Gasteiger partial charge is 0.411 e. The van der Waals surface area contributed by atoms with Gasteiger partial charge in [-0.2, -0.15) is 0 Å². The molecule has 2 rings (SSSR count). The van der Waals surface area contributed by atoms with Crippen LogP contribution in [0.1, 0.15) is 18.9 Å². The highest BCUT2D eigenvalue weighted by molar-refractivity contribution is 6.31. The lowest BCUT2D eigenvalue weighted by molar-refractivity contribution is -0.131. The number of amides is 1. The lowest BCUT2D eigenvalue weighted by atomic mass is 9.97. The van der Waals surface area contributed by atoms with Crippen LogP contribution in [0.5, 0.6) is 0 Å². The fourth-order valence-corrected chi connectivity index (χ4v) is 2.52. The van der Waals surface area contributed by atoms with Crippen LogP contribution in [0.3, 0.4) is 0 Å². The van der Waals surface area contributed by atoms with Crippen molar-refractivity contribution in [2.75, 3.05) is 13.1 Å². The van der Waals surface area contributed by atoms with Gasteiger partial charge < -0.3 is 10.1 Å². The van der Waals surface area contributed by atoms with Crippen molar-refractivity contribution in [3.63, 3.8) is 0 Å². The molecule has 1 saturated heterocycles. The van der Waals surface area contributed by atoms with Gasteiger partial charge in [-0.25, -0.2) is 0 Å². The first kappa shape index (κ1) is 13.9. The number of carbonyl (C=O) groups excluding carboxylic acids is 1. The van der Waals surface area contributed by atoms with E-state index in [4.69, 9.17) is 16.8 Å². The highest BCUT2D eigenvalue weighted by Crippen LogP contribution is 2.19. The Kier molecular flexibility index (Phi) is 4.43. The Hall–Kier alpha value is -1.55. The molecule has 4 nitrogen and oxygen atoms in total. The first-order chi connectivity index (χ1) is 9.11. The first-order valence-electron chi connectivity index (χ1n) is 6.34. The van der Waals surface area contributed by atoms with E-state index in [0.29, 0.717) is 31.0 Å². The molecule has 1 aromatic carbocycles. The van der Waals surface area contributed by atoms with E-state index in [0.717, 1.165) is 11.3 Å². The van der Waals surface area contributed by atoms with Crippen LogP contribution < -0.4 is 0 Å². The second kappa shape index (κ2) is 6.06. The zero-order valence-corrected chi connectivity index (χ0v) is 11.6. The minimum atomic E-state index is 0.0666. The average molecular weight is 281 g/mol. The van der Waals surface area contributed by atoms with Gasteiger partial charge in [-0.3, -0.25) is 4.79 Å². The molecule has 1 aliphatic rings. The van der Waals surface area contributed by atoms with Gasteiger partial charge in [0.25, 0.3) is 0 Å². The molecule has 1 amide bonds.